The lowest BCUT2D eigenvalue weighted by Crippen LogP contribution is -2.54. The van der Waals surface area contributed by atoms with Crippen LogP contribution in [0.1, 0.15) is 11.4 Å². The third kappa shape index (κ3) is 2.19. The number of carbonyl (C=O) groups excluding carboxylic acids is 1. The fraction of sp³-hybridized carbons (Fsp3) is 0.667. The Balaban J connectivity index is 1.71. The molecule has 98 valence electrons. The summed E-state index contributed by atoms with van der Waals surface area (Å²) in [5.41, 5.74) is 2.28. The van der Waals surface area contributed by atoms with Crippen molar-refractivity contribution in [2.45, 2.75) is 19.1 Å². The van der Waals surface area contributed by atoms with Gasteiger partial charge >= 0.3 is 0 Å². The number of morpholine rings is 1. The van der Waals surface area contributed by atoms with Crippen molar-refractivity contribution in [3.8, 4) is 0 Å². The lowest BCUT2D eigenvalue weighted by Gasteiger charge is -2.39. The summed E-state index contributed by atoms with van der Waals surface area (Å²) < 4.78 is 5.33. The van der Waals surface area contributed by atoms with Gasteiger partial charge in [0.25, 0.3) is 0 Å². The minimum Gasteiger partial charge on any atom is -0.379 e. The third-order valence-electron chi connectivity index (χ3n) is 3.73. The molecule has 0 spiro atoms. The van der Waals surface area contributed by atoms with Crippen LogP contribution in [0.3, 0.4) is 0 Å². The lowest BCUT2D eigenvalue weighted by molar-refractivity contribution is -0.123. The molecule has 3 rings (SSSR count). The number of hydrogen-bond acceptors (Lipinski definition) is 5. The highest BCUT2D eigenvalue weighted by atomic mass is 16.5. The number of aromatic nitrogens is 2. The van der Waals surface area contributed by atoms with Crippen molar-refractivity contribution in [2.75, 3.05) is 32.8 Å². The summed E-state index contributed by atoms with van der Waals surface area (Å²) in [5.74, 6) is 0. The quantitative estimate of drug-likeness (QED) is 0.741. The second kappa shape index (κ2) is 5.17. The SMILES string of the molecule is O=CC(N1CCOCC1)N1CCc2[nH]cnc2C1. The highest BCUT2D eigenvalue weighted by Gasteiger charge is 2.29. The number of nitrogens with zero attached hydrogens (tertiary/aromatic N) is 3. The van der Waals surface area contributed by atoms with Crippen molar-refractivity contribution < 1.29 is 9.53 Å². The number of aromatic amines is 1. The maximum absolute atomic E-state index is 11.4. The van der Waals surface area contributed by atoms with E-state index in [1.165, 1.54) is 5.69 Å². The number of imidazole rings is 1. The van der Waals surface area contributed by atoms with E-state index < -0.39 is 0 Å². The average Bonchev–Trinajstić information content (AvgIpc) is 2.88. The van der Waals surface area contributed by atoms with Gasteiger partial charge in [-0.2, -0.15) is 0 Å². The maximum atomic E-state index is 11.4. The molecule has 1 fully saturated rings. The molecular formula is C12H18N4O2. The number of hydrogen-bond donors (Lipinski definition) is 1. The van der Waals surface area contributed by atoms with E-state index in [9.17, 15) is 4.79 Å². The predicted molar refractivity (Wildman–Crippen MR) is 64.9 cm³/mol. The number of fused-ring (bicyclic) bond motifs is 1. The summed E-state index contributed by atoms with van der Waals surface area (Å²) in [6, 6.07) is 0. The summed E-state index contributed by atoms with van der Waals surface area (Å²) >= 11 is 0. The van der Waals surface area contributed by atoms with Crippen molar-refractivity contribution in [1.82, 2.24) is 19.8 Å². The lowest BCUT2D eigenvalue weighted by atomic mass is 10.1. The molecule has 0 bridgehead atoms. The van der Waals surface area contributed by atoms with Gasteiger partial charge < -0.3 is 14.5 Å². The molecule has 0 aliphatic carbocycles. The number of ether oxygens (including phenoxy) is 1. The Morgan fingerprint density at radius 3 is 2.94 bits per heavy atom. The zero-order valence-electron chi connectivity index (χ0n) is 10.3. The van der Waals surface area contributed by atoms with Crippen LogP contribution < -0.4 is 0 Å². The van der Waals surface area contributed by atoms with Crippen LogP contribution in [0.15, 0.2) is 6.33 Å². The zero-order chi connectivity index (χ0) is 12.4. The van der Waals surface area contributed by atoms with E-state index in [0.29, 0.717) is 13.2 Å². The topological polar surface area (TPSA) is 61.5 Å². The monoisotopic (exact) mass is 250 g/mol. The second-order valence-corrected chi connectivity index (χ2v) is 4.75. The zero-order valence-corrected chi connectivity index (χ0v) is 10.3. The summed E-state index contributed by atoms with van der Waals surface area (Å²) in [6.45, 7) is 4.73. The first-order valence-corrected chi connectivity index (χ1v) is 6.41. The standard InChI is InChI=1S/C12H18N4O2/c17-8-12(15-3-5-18-6-4-15)16-2-1-10-11(7-16)14-9-13-10/h8-9,12H,1-7H2,(H,13,14). The van der Waals surface area contributed by atoms with Gasteiger partial charge in [-0.15, -0.1) is 0 Å². The largest absolute Gasteiger partial charge is 0.379 e. The Morgan fingerprint density at radius 1 is 1.33 bits per heavy atom. The number of rotatable bonds is 3. The van der Waals surface area contributed by atoms with Gasteiger partial charge in [-0.3, -0.25) is 9.80 Å². The number of carbonyl (C=O) groups is 1. The van der Waals surface area contributed by atoms with Gasteiger partial charge in [-0.1, -0.05) is 0 Å². The fourth-order valence-corrected chi connectivity index (χ4v) is 2.70. The van der Waals surface area contributed by atoms with Crippen LogP contribution >= 0.6 is 0 Å². The van der Waals surface area contributed by atoms with E-state index in [4.69, 9.17) is 4.74 Å². The first kappa shape index (κ1) is 11.8. The van der Waals surface area contributed by atoms with Gasteiger partial charge in [-0.05, 0) is 0 Å². The molecule has 2 aliphatic heterocycles. The van der Waals surface area contributed by atoms with Crippen molar-refractivity contribution in [3.63, 3.8) is 0 Å². The van der Waals surface area contributed by atoms with Crippen molar-refractivity contribution in [3.05, 3.63) is 17.7 Å². The average molecular weight is 250 g/mol. The van der Waals surface area contributed by atoms with Crippen LogP contribution in [0.4, 0.5) is 0 Å². The Bertz CT molecular complexity index is 414. The molecule has 0 saturated carbocycles. The van der Waals surface area contributed by atoms with Crippen molar-refractivity contribution in [1.29, 1.82) is 0 Å². The van der Waals surface area contributed by atoms with Crippen LogP contribution in [-0.4, -0.2) is 65.1 Å². The molecule has 6 heteroatoms. The predicted octanol–water partition coefficient (Wildman–Crippen LogP) is -0.375. The van der Waals surface area contributed by atoms with Gasteiger partial charge in [0.1, 0.15) is 6.17 Å². The summed E-state index contributed by atoms with van der Waals surface area (Å²) in [4.78, 5) is 23.3. The molecule has 1 N–H and O–H groups in total. The molecule has 1 unspecified atom stereocenters. The van der Waals surface area contributed by atoms with Crippen molar-refractivity contribution in [2.24, 2.45) is 0 Å². The first-order valence-electron chi connectivity index (χ1n) is 6.41. The van der Waals surface area contributed by atoms with Crippen LogP contribution in [0.25, 0.3) is 0 Å². The van der Waals surface area contributed by atoms with Gasteiger partial charge in [-0.25, -0.2) is 4.98 Å². The summed E-state index contributed by atoms with van der Waals surface area (Å²) in [5, 5.41) is 0. The van der Waals surface area contributed by atoms with Crippen molar-refractivity contribution >= 4 is 6.29 Å². The molecule has 1 aromatic rings. The molecular weight excluding hydrogens is 232 g/mol. The molecule has 0 radical (unpaired) electrons. The molecule has 0 amide bonds. The minimum atomic E-state index is -0.140. The number of H-pyrrole nitrogens is 1. The van der Waals surface area contributed by atoms with Gasteiger partial charge in [0, 0.05) is 38.3 Å². The van der Waals surface area contributed by atoms with E-state index in [1.54, 1.807) is 6.33 Å². The fourth-order valence-electron chi connectivity index (χ4n) is 2.70. The van der Waals surface area contributed by atoms with Crippen LogP contribution in [0, 0.1) is 0 Å². The maximum Gasteiger partial charge on any atom is 0.151 e. The molecule has 2 aliphatic rings. The highest BCUT2D eigenvalue weighted by molar-refractivity contribution is 5.57. The van der Waals surface area contributed by atoms with E-state index >= 15 is 0 Å². The Morgan fingerprint density at radius 2 is 2.17 bits per heavy atom. The van der Waals surface area contributed by atoms with Crippen LogP contribution in [0.2, 0.25) is 0 Å². The van der Waals surface area contributed by atoms with E-state index in [1.807, 2.05) is 0 Å². The Kier molecular flexibility index (Phi) is 3.40. The second-order valence-electron chi connectivity index (χ2n) is 4.75. The molecule has 1 saturated heterocycles. The van der Waals surface area contributed by atoms with Gasteiger partial charge in [0.05, 0.1) is 25.2 Å². The summed E-state index contributed by atoms with van der Waals surface area (Å²) in [6.07, 6.45) is 3.57. The molecule has 3 heterocycles. The summed E-state index contributed by atoms with van der Waals surface area (Å²) in [7, 11) is 0. The number of aldehydes is 1. The Labute approximate surface area is 106 Å². The molecule has 1 aromatic heterocycles. The minimum absolute atomic E-state index is 0.140. The van der Waals surface area contributed by atoms with E-state index in [2.05, 4.69) is 19.8 Å². The first-order chi connectivity index (χ1) is 8.88. The number of nitrogens with one attached hydrogen (secondary N) is 1. The van der Waals surface area contributed by atoms with E-state index in [0.717, 1.165) is 44.6 Å². The third-order valence-corrected chi connectivity index (χ3v) is 3.73. The molecule has 1 atom stereocenters. The van der Waals surface area contributed by atoms with Crippen LogP contribution in [-0.2, 0) is 22.5 Å². The van der Waals surface area contributed by atoms with Gasteiger partial charge in [0.2, 0.25) is 0 Å². The van der Waals surface area contributed by atoms with Crippen LogP contribution in [0.5, 0.6) is 0 Å². The van der Waals surface area contributed by atoms with Gasteiger partial charge in [0.15, 0.2) is 6.29 Å². The smallest absolute Gasteiger partial charge is 0.151 e. The molecule has 18 heavy (non-hydrogen) atoms. The van der Waals surface area contributed by atoms with E-state index in [-0.39, 0.29) is 6.17 Å². The molecule has 0 aromatic carbocycles. The Hall–Kier alpha value is -1.24. The molecule has 6 nitrogen and oxygen atoms in total. The normalized spacial score (nSPS) is 23.6. The highest BCUT2D eigenvalue weighted by Crippen LogP contribution is 2.18.